The quantitative estimate of drug-likeness (QED) is 0.172. The van der Waals surface area contributed by atoms with Crippen LogP contribution in [0.25, 0.3) is 44.5 Å². The summed E-state index contributed by atoms with van der Waals surface area (Å²) in [5.41, 5.74) is 18.7. The number of halogens is 1. The third-order valence-corrected chi connectivity index (χ3v) is 12.0. The molecule has 1 nitrogen and oxygen atoms in total. The zero-order chi connectivity index (χ0) is 34.2. The second-order valence-corrected chi connectivity index (χ2v) is 15.5. The van der Waals surface area contributed by atoms with Crippen LogP contribution in [0.2, 0.25) is 0 Å². The van der Waals surface area contributed by atoms with Crippen LogP contribution in [0.1, 0.15) is 49.9 Å². The van der Waals surface area contributed by atoms with E-state index in [2.05, 4.69) is 206 Å². The molecule has 0 fully saturated rings. The SMILES string of the molecule is CC1(C)c2ccccc2-c2ccc(N(c3cc(-c4ccccc4)c(Br)c(-c4ccccc4)c3)c3ccc4c(c3)C(C)(C)c3ccccc3-4)cc21. The van der Waals surface area contributed by atoms with E-state index in [0.717, 1.165) is 32.7 Å². The molecule has 0 unspecified atom stereocenters. The van der Waals surface area contributed by atoms with Gasteiger partial charge >= 0.3 is 0 Å². The number of hydrogen-bond acceptors (Lipinski definition) is 1. The minimum Gasteiger partial charge on any atom is -0.310 e. The van der Waals surface area contributed by atoms with E-state index in [1.165, 1.54) is 55.6 Å². The molecule has 0 saturated heterocycles. The molecule has 0 aliphatic heterocycles. The number of nitrogens with zero attached hydrogens (tertiary/aromatic N) is 1. The van der Waals surface area contributed by atoms with E-state index in [1.807, 2.05) is 0 Å². The Morgan fingerprint density at radius 1 is 0.360 bits per heavy atom. The highest BCUT2D eigenvalue weighted by molar-refractivity contribution is 9.10. The highest BCUT2D eigenvalue weighted by Crippen LogP contribution is 2.54. The number of rotatable bonds is 5. The topological polar surface area (TPSA) is 3.24 Å². The van der Waals surface area contributed by atoms with Gasteiger partial charge in [0.1, 0.15) is 0 Å². The Kier molecular flexibility index (Phi) is 7.06. The summed E-state index contributed by atoms with van der Waals surface area (Å²) >= 11 is 4.08. The molecule has 0 atom stereocenters. The minimum absolute atomic E-state index is 0.112. The van der Waals surface area contributed by atoms with Gasteiger partial charge in [0.2, 0.25) is 0 Å². The van der Waals surface area contributed by atoms with Gasteiger partial charge in [-0.15, -0.1) is 0 Å². The Morgan fingerprint density at radius 2 is 0.740 bits per heavy atom. The molecular weight excluding hydrogens is 670 g/mol. The fourth-order valence-corrected chi connectivity index (χ4v) is 9.19. The van der Waals surface area contributed by atoms with Crippen molar-refractivity contribution in [3.63, 3.8) is 0 Å². The van der Waals surface area contributed by atoms with Gasteiger partial charge in [-0.05, 0) is 119 Å². The van der Waals surface area contributed by atoms with Gasteiger partial charge in [0.05, 0.1) is 0 Å². The summed E-state index contributed by atoms with van der Waals surface area (Å²) in [6.07, 6.45) is 0. The summed E-state index contributed by atoms with van der Waals surface area (Å²) in [5.74, 6) is 0. The van der Waals surface area contributed by atoms with Crippen LogP contribution in [-0.2, 0) is 10.8 Å². The van der Waals surface area contributed by atoms with Gasteiger partial charge in [-0.3, -0.25) is 0 Å². The molecule has 242 valence electrons. The molecule has 0 spiro atoms. The number of benzene rings is 7. The average Bonchev–Trinajstić information content (AvgIpc) is 3.52. The molecule has 0 radical (unpaired) electrons. The van der Waals surface area contributed by atoms with Gasteiger partial charge in [0.25, 0.3) is 0 Å². The van der Waals surface area contributed by atoms with E-state index in [1.54, 1.807) is 0 Å². The van der Waals surface area contributed by atoms with Crippen molar-refractivity contribution in [2.45, 2.75) is 38.5 Å². The lowest BCUT2D eigenvalue weighted by atomic mass is 9.82. The van der Waals surface area contributed by atoms with Crippen LogP contribution >= 0.6 is 15.9 Å². The molecule has 0 amide bonds. The number of hydrogen-bond donors (Lipinski definition) is 0. The largest absolute Gasteiger partial charge is 0.310 e. The van der Waals surface area contributed by atoms with Crippen molar-refractivity contribution in [3.8, 4) is 44.5 Å². The first kappa shape index (κ1) is 30.8. The lowest BCUT2D eigenvalue weighted by Gasteiger charge is -2.30. The Balaban J connectivity index is 1.31. The maximum absolute atomic E-state index is 4.08. The molecule has 0 saturated carbocycles. The lowest BCUT2D eigenvalue weighted by Crippen LogP contribution is -2.18. The van der Waals surface area contributed by atoms with Crippen molar-refractivity contribution in [2.24, 2.45) is 0 Å². The van der Waals surface area contributed by atoms with Crippen molar-refractivity contribution >= 4 is 33.0 Å². The lowest BCUT2D eigenvalue weighted by molar-refractivity contribution is 0.660. The molecule has 0 bridgehead atoms. The van der Waals surface area contributed by atoms with E-state index in [-0.39, 0.29) is 10.8 Å². The first-order chi connectivity index (χ1) is 24.2. The summed E-state index contributed by atoms with van der Waals surface area (Å²) in [5, 5.41) is 0. The van der Waals surface area contributed by atoms with Crippen molar-refractivity contribution in [2.75, 3.05) is 4.90 Å². The number of fused-ring (bicyclic) bond motifs is 6. The normalized spacial score (nSPS) is 14.4. The predicted molar refractivity (Wildman–Crippen MR) is 215 cm³/mol. The molecule has 50 heavy (non-hydrogen) atoms. The van der Waals surface area contributed by atoms with Gasteiger partial charge in [0, 0.05) is 32.4 Å². The molecule has 0 aromatic heterocycles. The van der Waals surface area contributed by atoms with Crippen LogP contribution in [-0.4, -0.2) is 0 Å². The van der Waals surface area contributed by atoms with Gasteiger partial charge in [-0.25, -0.2) is 0 Å². The van der Waals surface area contributed by atoms with Crippen molar-refractivity contribution in [3.05, 3.63) is 184 Å². The third kappa shape index (κ3) is 4.66. The molecule has 0 heterocycles. The van der Waals surface area contributed by atoms with E-state index in [9.17, 15) is 0 Å². The van der Waals surface area contributed by atoms with Crippen molar-refractivity contribution in [1.82, 2.24) is 0 Å². The molecule has 7 aromatic rings. The zero-order valence-corrected chi connectivity index (χ0v) is 30.4. The van der Waals surface area contributed by atoms with Crippen LogP contribution in [0.4, 0.5) is 17.1 Å². The Labute approximate surface area is 304 Å². The smallest absolute Gasteiger partial charge is 0.0474 e. The molecule has 0 N–H and O–H groups in total. The Hall–Kier alpha value is -5.18. The van der Waals surface area contributed by atoms with Crippen molar-refractivity contribution in [1.29, 1.82) is 0 Å². The van der Waals surface area contributed by atoms with Crippen LogP contribution in [0.3, 0.4) is 0 Å². The molecule has 7 aromatic carbocycles. The monoisotopic (exact) mass is 707 g/mol. The van der Waals surface area contributed by atoms with Gasteiger partial charge in [-0.1, -0.05) is 149 Å². The Morgan fingerprint density at radius 3 is 1.18 bits per heavy atom. The third-order valence-electron chi connectivity index (χ3n) is 11.1. The summed E-state index contributed by atoms with van der Waals surface area (Å²) in [6.45, 7) is 9.45. The zero-order valence-electron chi connectivity index (χ0n) is 28.8. The van der Waals surface area contributed by atoms with Crippen molar-refractivity contribution < 1.29 is 0 Å². The molecule has 9 rings (SSSR count). The molecular formula is C48H38BrN. The van der Waals surface area contributed by atoms with Crippen LogP contribution < -0.4 is 4.90 Å². The highest BCUT2D eigenvalue weighted by Gasteiger charge is 2.37. The second kappa shape index (κ2) is 11.4. The summed E-state index contributed by atoms with van der Waals surface area (Å²) in [4.78, 5) is 2.48. The molecule has 2 aliphatic rings. The second-order valence-electron chi connectivity index (χ2n) is 14.7. The Bertz CT molecular complexity index is 2270. The summed E-state index contributed by atoms with van der Waals surface area (Å²) < 4.78 is 1.09. The standard InChI is InChI=1S/C48H38BrN/c1-47(2)42-21-13-11-19-36(42)38-25-23-33(29-44(38)47)50(34-24-26-39-37-20-12-14-22-43(37)48(3,4)45(39)30-34)35-27-40(31-15-7-5-8-16-31)46(49)41(28-35)32-17-9-6-10-18-32/h5-30H,1-4H3. The number of anilines is 3. The van der Waals surface area contributed by atoms with Crippen LogP contribution in [0.5, 0.6) is 0 Å². The van der Waals surface area contributed by atoms with E-state index in [0.29, 0.717) is 0 Å². The maximum Gasteiger partial charge on any atom is 0.0474 e. The molecule has 2 heteroatoms. The maximum atomic E-state index is 4.08. The fourth-order valence-electron chi connectivity index (χ4n) is 8.50. The van der Waals surface area contributed by atoms with Crippen LogP contribution in [0.15, 0.2) is 162 Å². The first-order valence-electron chi connectivity index (χ1n) is 17.5. The van der Waals surface area contributed by atoms with E-state index >= 15 is 0 Å². The summed E-state index contributed by atoms with van der Waals surface area (Å²) in [7, 11) is 0. The van der Waals surface area contributed by atoms with Gasteiger partial charge in [-0.2, -0.15) is 0 Å². The summed E-state index contributed by atoms with van der Waals surface area (Å²) in [6, 6.07) is 58.1. The van der Waals surface area contributed by atoms with Gasteiger partial charge in [0.15, 0.2) is 0 Å². The minimum atomic E-state index is -0.112. The first-order valence-corrected chi connectivity index (χ1v) is 18.3. The van der Waals surface area contributed by atoms with Gasteiger partial charge < -0.3 is 4.90 Å². The predicted octanol–water partition coefficient (Wildman–Crippen LogP) is 13.9. The van der Waals surface area contributed by atoms with E-state index in [4.69, 9.17) is 0 Å². The fraction of sp³-hybridized carbons (Fsp3) is 0.125. The highest BCUT2D eigenvalue weighted by atomic mass is 79.9. The van der Waals surface area contributed by atoms with Crippen LogP contribution in [0, 0.1) is 0 Å². The molecule has 2 aliphatic carbocycles. The van der Waals surface area contributed by atoms with E-state index < -0.39 is 0 Å². The average molecular weight is 709 g/mol.